The molecule has 0 N–H and O–H groups in total. The van der Waals surface area contributed by atoms with E-state index in [1.165, 1.54) is 0 Å². The third-order valence-electron chi connectivity index (χ3n) is 0.598. The Morgan fingerprint density at radius 1 is 1.00 bits per heavy atom. The number of hydrogen-bond acceptors (Lipinski definition) is 4. The Hall–Kier alpha value is 0.880. The van der Waals surface area contributed by atoms with E-state index >= 15 is 0 Å². The first-order valence-electron chi connectivity index (χ1n) is 1.91. The van der Waals surface area contributed by atoms with Crippen molar-refractivity contribution in [3.63, 3.8) is 0 Å². The van der Waals surface area contributed by atoms with E-state index in [0.717, 1.165) is 8.47 Å². The first kappa shape index (κ1) is 6.99. The summed E-state index contributed by atoms with van der Waals surface area (Å²) in [5, 5.41) is 3.99. The van der Waals surface area contributed by atoms with Crippen LogP contribution in [0.3, 0.4) is 0 Å². The Labute approximate surface area is 68.0 Å². The van der Waals surface area contributed by atoms with Crippen molar-refractivity contribution in [1.29, 1.82) is 0 Å². The Morgan fingerprint density at radius 2 is 1.38 bits per heavy atom. The Bertz CT molecular complexity index is 130. The van der Waals surface area contributed by atoms with Crippen molar-refractivity contribution in [3.8, 4) is 0 Å². The lowest BCUT2D eigenvalue weighted by atomic mass is 11.2. The van der Waals surface area contributed by atoms with Crippen LogP contribution in [0.5, 0.6) is 0 Å². The fourth-order valence-corrected chi connectivity index (χ4v) is 2.16. The molecule has 0 unspecified atom stereocenters. The van der Waals surface area contributed by atoms with E-state index in [2.05, 4.69) is 25.3 Å². The summed E-state index contributed by atoms with van der Waals surface area (Å²) in [6, 6.07) is 0. The Morgan fingerprint density at radius 3 is 1.62 bits per heavy atom. The van der Waals surface area contributed by atoms with Gasteiger partial charge in [0.05, 0.1) is 8.47 Å². The number of hydrogen-bond donors (Lipinski definition) is 2. The van der Waals surface area contributed by atoms with Crippen molar-refractivity contribution in [2.45, 2.75) is 0 Å². The maximum atomic E-state index is 4.15. The van der Waals surface area contributed by atoms with Crippen molar-refractivity contribution in [2.24, 2.45) is 0 Å². The second kappa shape index (κ2) is 3.15. The zero-order valence-electron chi connectivity index (χ0n) is 3.87. The highest BCUT2D eigenvalue weighted by Crippen LogP contribution is 2.38. The molecular formula is C4H4S4. The highest BCUT2D eigenvalue weighted by Gasteiger charge is 2.00. The third-order valence-corrected chi connectivity index (χ3v) is 3.86. The molecular weight excluding hydrogens is 176 g/mol. The van der Waals surface area contributed by atoms with Gasteiger partial charge in [-0.3, -0.25) is 0 Å². The molecule has 8 heavy (non-hydrogen) atoms. The molecule has 0 fully saturated rings. The number of thiol groups is 2. The molecule has 44 valence electrons. The van der Waals surface area contributed by atoms with Gasteiger partial charge in [-0.15, -0.1) is 25.3 Å². The maximum Gasteiger partial charge on any atom is 0.0615 e. The van der Waals surface area contributed by atoms with E-state index in [1.807, 2.05) is 10.8 Å². The van der Waals surface area contributed by atoms with Crippen LogP contribution in [-0.4, -0.2) is 0 Å². The Balaban J connectivity index is 2.67. The van der Waals surface area contributed by atoms with Crippen LogP contribution in [0.4, 0.5) is 0 Å². The number of rotatable bonds is 0. The highest BCUT2D eigenvalue weighted by molar-refractivity contribution is 8.25. The minimum Gasteiger partial charge on any atom is -0.135 e. The van der Waals surface area contributed by atoms with Gasteiger partial charge in [-0.05, 0) is 10.8 Å². The van der Waals surface area contributed by atoms with Gasteiger partial charge in [0.2, 0.25) is 0 Å². The highest BCUT2D eigenvalue weighted by atomic mass is 32.2. The van der Waals surface area contributed by atoms with Crippen LogP contribution in [0, 0.1) is 0 Å². The molecule has 1 aliphatic rings. The smallest absolute Gasteiger partial charge is 0.0615 e. The molecule has 0 bridgehead atoms. The molecule has 0 spiro atoms. The lowest BCUT2D eigenvalue weighted by molar-refractivity contribution is 2.31. The van der Waals surface area contributed by atoms with E-state index in [0.29, 0.717) is 0 Å². The summed E-state index contributed by atoms with van der Waals surface area (Å²) in [6.45, 7) is 0. The van der Waals surface area contributed by atoms with Crippen LogP contribution in [0.1, 0.15) is 0 Å². The molecule has 0 saturated heterocycles. The molecule has 0 saturated carbocycles. The van der Waals surface area contributed by atoms with E-state index in [4.69, 9.17) is 0 Å². The van der Waals surface area contributed by atoms with Crippen LogP contribution in [0.2, 0.25) is 0 Å². The van der Waals surface area contributed by atoms with Crippen LogP contribution < -0.4 is 0 Å². The molecule has 0 aromatic heterocycles. The topological polar surface area (TPSA) is 0 Å². The van der Waals surface area contributed by atoms with E-state index < -0.39 is 0 Å². The molecule has 4 heteroatoms. The molecule has 1 aliphatic heterocycles. The first-order valence-corrected chi connectivity index (χ1v) is 4.56. The van der Waals surface area contributed by atoms with E-state index in [1.54, 1.807) is 23.5 Å². The molecule has 1 heterocycles. The molecule has 0 radical (unpaired) electrons. The van der Waals surface area contributed by atoms with Gasteiger partial charge in [0, 0.05) is 0 Å². The molecule has 0 aromatic carbocycles. The monoisotopic (exact) mass is 180 g/mol. The second-order valence-electron chi connectivity index (χ2n) is 1.12. The van der Waals surface area contributed by atoms with Crippen LogP contribution in [0.25, 0.3) is 0 Å². The summed E-state index contributed by atoms with van der Waals surface area (Å²) in [4.78, 5) is 0. The lowest BCUT2D eigenvalue weighted by Gasteiger charge is -2.03. The molecule has 0 aromatic rings. The van der Waals surface area contributed by atoms with Gasteiger partial charge in [-0.1, -0.05) is 23.5 Å². The van der Waals surface area contributed by atoms with Crippen molar-refractivity contribution in [2.75, 3.05) is 0 Å². The predicted molar refractivity (Wildman–Crippen MR) is 49.3 cm³/mol. The zero-order valence-corrected chi connectivity index (χ0v) is 7.29. The summed E-state index contributed by atoms with van der Waals surface area (Å²) in [5.41, 5.74) is 0. The predicted octanol–water partition coefficient (Wildman–Crippen LogP) is 2.92. The van der Waals surface area contributed by atoms with Crippen molar-refractivity contribution >= 4 is 48.8 Å². The van der Waals surface area contributed by atoms with Crippen LogP contribution >= 0.6 is 48.8 Å². The quantitative estimate of drug-likeness (QED) is 0.550. The largest absolute Gasteiger partial charge is 0.135 e. The van der Waals surface area contributed by atoms with Gasteiger partial charge >= 0.3 is 0 Å². The third kappa shape index (κ3) is 1.69. The summed E-state index contributed by atoms with van der Waals surface area (Å²) in [6.07, 6.45) is 0. The summed E-state index contributed by atoms with van der Waals surface area (Å²) in [7, 11) is 0. The SMILES string of the molecule is SC1=C(S)SC=CS1. The molecule has 0 atom stereocenters. The average Bonchev–Trinajstić information content (AvgIpc) is 1.77. The first-order chi connectivity index (χ1) is 3.80. The van der Waals surface area contributed by atoms with Crippen LogP contribution in [0.15, 0.2) is 19.3 Å². The fraction of sp³-hybridized carbons (Fsp3) is 0. The van der Waals surface area contributed by atoms with Gasteiger partial charge in [0.25, 0.3) is 0 Å². The standard InChI is InChI=1S/C4H4S4/c5-3-4(6)8-2-1-7-3/h1-2,5-6H. The second-order valence-corrected chi connectivity index (χ2v) is 4.45. The van der Waals surface area contributed by atoms with Crippen molar-refractivity contribution in [3.05, 3.63) is 19.3 Å². The van der Waals surface area contributed by atoms with Crippen LogP contribution in [-0.2, 0) is 0 Å². The average molecular weight is 180 g/mol. The minimum atomic E-state index is 0.987. The van der Waals surface area contributed by atoms with Crippen molar-refractivity contribution in [1.82, 2.24) is 0 Å². The fourth-order valence-electron chi connectivity index (χ4n) is 0.285. The van der Waals surface area contributed by atoms with E-state index in [9.17, 15) is 0 Å². The normalized spacial score (nSPS) is 19.8. The molecule has 0 nitrogen and oxygen atoms in total. The Kier molecular flexibility index (Phi) is 2.75. The number of thioether (sulfide) groups is 2. The van der Waals surface area contributed by atoms with Gasteiger partial charge < -0.3 is 0 Å². The van der Waals surface area contributed by atoms with Gasteiger partial charge in [-0.2, -0.15) is 0 Å². The lowest BCUT2D eigenvalue weighted by Crippen LogP contribution is -1.68. The summed E-state index contributed by atoms with van der Waals surface area (Å²) < 4.78 is 1.97. The minimum absolute atomic E-state index is 0.987. The van der Waals surface area contributed by atoms with Gasteiger partial charge in [0.15, 0.2) is 0 Å². The van der Waals surface area contributed by atoms with E-state index in [-0.39, 0.29) is 0 Å². The summed E-state index contributed by atoms with van der Waals surface area (Å²) >= 11 is 11.5. The molecule has 0 amide bonds. The maximum absolute atomic E-state index is 4.15. The zero-order chi connectivity index (χ0) is 5.98. The van der Waals surface area contributed by atoms with Crippen molar-refractivity contribution < 1.29 is 0 Å². The molecule has 0 aliphatic carbocycles. The molecule has 1 rings (SSSR count). The van der Waals surface area contributed by atoms with Gasteiger partial charge in [0.1, 0.15) is 0 Å². The summed E-state index contributed by atoms with van der Waals surface area (Å²) in [5.74, 6) is 0. The van der Waals surface area contributed by atoms with Gasteiger partial charge in [-0.25, -0.2) is 0 Å².